The molecule has 3 aliphatic carbocycles. The largest absolute Gasteiger partial charge is 0.443 e. The van der Waals surface area contributed by atoms with E-state index in [9.17, 15) is 9.59 Å². The Morgan fingerprint density at radius 1 is 1.25 bits per heavy atom. The maximum Gasteiger partial charge on any atom is 0.417 e. The SMILES string of the molecule is CC1(C)[C@@H]2CC[C@@H](C2)[C@@H]1C(=O)N1C(=O)O[C@@H]2Cc3ccccc3[C@@H]21. The van der Waals surface area contributed by atoms with Crippen molar-refractivity contribution in [2.75, 3.05) is 0 Å². The fraction of sp³-hybridized carbons (Fsp3) is 0.600. The van der Waals surface area contributed by atoms with Crippen molar-refractivity contribution in [3.05, 3.63) is 35.4 Å². The van der Waals surface area contributed by atoms with Crippen molar-refractivity contribution in [1.82, 2.24) is 4.90 Å². The van der Waals surface area contributed by atoms with Gasteiger partial charge in [0.25, 0.3) is 0 Å². The van der Waals surface area contributed by atoms with Crippen molar-refractivity contribution in [2.24, 2.45) is 23.2 Å². The predicted octanol–water partition coefficient (Wildman–Crippen LogP) is 3.70. The molecule has 5 atom stereocenters. The van der Waals surface area contributed by atoms with Crippen LogP contribution in [0.2, 0.25) is 0 Å². The lowest BCUT2D eigenvalue weighted by Gasteiger charge is -2.39. The lowest BCUT2D eigenvalue weighted by molar-refractivity contribution is -0.139. The first-order valence-electron chi connectivity index (χ1n) is 9.10. The van der Waals surface area contributed by atoms with E-state index in [1.165, 1.54) is 16.9 Å². The van der Waals surface area contributed by atoms with Crippen LogP contribution in [-0.2, 0) is 16.0 Å². The minimum Gasteiger partial charge on any atom is -0.443 e. The third kappa shape index (κ3) is 1.69. The summed E-state index contributed by atoms with van der Waals surface area (Å²) in [7, 11) is 0. The van der Waals surface area contributed by atoms with Gasteiger partial charge in [0.1, 0.15) is 12.1 Å². The van der Waals surface area contributed by atoms with Gasteiger partial charge in [0.15, 0.2) is 0 Å². The van der Waals surface area contributed by atoms with Crippen LogP contribution in [0.3, 0.4) is 0 Å². The van der Waals surface area contributed by atoms with E-state index in [4.69, 9.17) is 4.74 Å². The highest BCUT2D eigenvalue weighted by Crippen LogP contribution is 2.60. The second-order valence-corrected chi connectivity index (χ2v) is 8.55. The standard InChI is InChI=1S/C20H23NO3/c1-20(2)13-8-7-12(9-13)16(20)18(22)21-17-14-6-4-3-5-11(14)10-15(17)24-19(21)23/h3-6,12-13,15-17H,7-10H2,1-2H3/t12-,13+,15+,16+,17-/m0/s1. The summed E-state index contributed by atoms with van der Waals surface area (Å²) in [4.78, 5) is 27.4. The molecule has 4 nitrogen and oxygen atoms in total. The molecule has 2 bridgehead atoms. The van der Waals surface area contributed by atoms with Crippen LogP contribution in [0.4, 0.5) is 4.79 Å². The number of ether oxygens (including phenoxy) is 1. The Morgan fingerprint density at radius 3 is 2.79 bits per heavy atom. The van der Waals surface area contributed by atoms with Crippen molar-refractivity contribution in [1.29, 1.82) is 0 Å². The molecular formula is C20H23NO3. The van der Waals surface area contributed by atoms with Gasteiger partial charge >= 0.3 is 6.09 Å². The average Bonchev–Trinajstić information content (AvgIpc) is 3.24. The number of carbonyl (C=O) groups is 2. The summed E-state index contributed by atoms with van der Waals surface area (Å²) in [6, 6.07) is 7.87. The summed E-state index contributed by atoms with van der Waals surface area (Å²) in [5.41, 5.74) is 2.27. The zero-order valence-electron chi connectivity index (χ0n) is 14.2. The van der Waals surface area contributed by atoms with Crippen LogP contribution in [0.5, 0.6) is 0 Å². The molecular weight excluding hydrogens is 302 g/mol. The zero-order chi connectivity index (χ0) is 16.6. The molecule has 1 saturated heterocycles. The number of hydrogen-bond acceptors (Lipinski definition) is 3. The Kier molecular flexibility index (Phi) is 2.79. The van der Waals surface area contributed by atoms with Crippen molar-refractivity contribution in [3.8, 4) is 0 Å². The van der Waals surface area contributed by atoms with Crippen molar-refractivity contribution < 1.29 is 14.3 Å². The van der Waals surface area contributed by atoms with Crippen LogP contribution in [0, 0.1) is 23.2 Å². The molecule has 0 unspecified atom stereocenters. The van der Waals surface area contributed by atoms with Crippen LogP contribution in [0.25, 0.3) is 0 Å². The van der Waals surface area contributed by atoms with Crippen LogP contribution < -0.4 is 0 Å². The fourth-order valence-electron chi connectivity index (χ4n) is 6.00. The van der Waals surface area contributed by atoms with Gasteiger partial charge in [-0.25, -0.2) is 9.69 Å². The second-order valence-electron chi connectivity index (χ2n) is 8.55. The number of amides is 2. The molecule has 0 N–H and O–H groups in total. The zero-order valence-corrected chi connectivity index (χ0v) is 14.2. The lowest BCUT2D eigenvalue weighted by Crippen LogP contribution is -2.46. The van der Waals surface area contributed by atoms with Gasteiger partial charge in [0, 0.05) is 12.3 Å². The molecule has 1 aromatic carbocycles. The van der Waals surface area contributed by atoms with Gasteiger partial charge in [-0.2, -0.15) is 0 Å². The van der Waals surface area contributed by atoms with Gasteiger partial charge < -0.3 is 4.74 Å². The highest BCUT2D eigenvalue weighted by molar-refractivity contribution is 5.96. The summed E-state index contributed by atoms with van der Waals surface area (Å²) >= 11 is 0. The van der Waals surface area contributed by atoms with E-state index in [-0.39, 0.29) is 29.4 Å². The van der Waals surface area contributed by atoms with Gasteiger partial charge in [-0.1, -0.05) is 38.1 Å². The van der Waals surface area contributed by atoms with Crippen molar-refractivity contribution in [2.45, 2.75) is 51.7 Å². The minimum atomic E-state index is -0.442. The summed E-state index contributed by atoms with van der Waals surface area (Å²) in [5.74, 6) is 0.999. The summed E-state index contributed by atoms with van der Waals surface area (Å²) in [6.07, 6.45) is 3.55. The topological polar surface area (TPSA) is 46.6 Å². The van der Waals surface area contributed by atoms with Crippen LogP contribution in [0.15, 0.2) is 24.3 Å². The third-order valence-corrected chi connectivity index (χ3v) is 7.18. The van der Waals surface area contributed by atoms with E-state index in [2.05, 4.69) is 19.9 Å². The maximum absolute atomic E-state index is 13.4. The lowest BCUT2D eigenvalue weighted by atomic mass is 9.68. The Labute approximate surface area is 142 Å². The van der Waals surface area contributed by atoms with Crippen LogP contribution in [0.1, 0.15) is 50.3 Å². The molecule has 0 spiro atoms. The average molecular weight is 325 g/mol. The Hall–Kier alpha value is -1.84. The summed E-state index contributed by atoms with van der Waals surface area (Å²) in [5, 5.41) is 0. The van der Waals surface area contributed by atoms with E-state index in [0.717, 1.165) is 24.8 Å². The van der Waals surface area contributed by atoms with Gasteiger partial charge in [0.2, 0.25) is 5.91 Å². The number of hydrogen-bond donors (Lipinski definition) is 0. The number of rotatable bonds is 1. The first-order valence-corrected chi connectivity index (χ1v) is 9.10. The number of imide groups is 1. The highest BCUT2D eigenvalue weighted by Gasteiger charge is 2.60. The monoisotopic (exact) mass is 325 g/mol. The molecule has 126 valence electrons. The summed E-state index contributed by atoms with van der Waals surface area (Å²) < 4.78 is 5.58. The van der Waals surface area contributed by atoms with Crippen molar-refractivity contribution >= 4 is 12.0 Å². The number of benzene rings is 1. The van der Waals surface area contributed by atoms with E-state index < -0.39 is 6.09 Å². The maximum atomic E-state index is 13.4. The smallest absolute Gasteiger partial charge is 0.417 e. The molecule has 1 aromatic rings. The van der Waals surface area contributed by atoms with Crippen LogP contribution in [-0.4, -0.2) is 23.0 Å². The molecule has 3 fully saturated rings. The highest BCUT2D eigenvalue weighted by atomic mass is 16.6. The number of nitrogens with zero attached hydrogens (tertiary/aromatic N) is 1. The number of fused-ring (bicyclic) bond motifs is 5. The predicted molar refractivity (Wildman–Crippen MR) is 88.1 cm³/mol. The van der Waals surface area contributed by atoms with E-state index >= 15 is 0 Å². The molecule has 4 heteroatoms. The molecule has 1 heterocycles. The third-order valence-electron chi connectivity index (χ3n) is 7.18. The van der Waals surface area contributed by atoms with Crippen LogP contribution >= 0.6 is 0 Å². The van der Waals surface area contributed by atoms with E-state index in [0.29, 0.717) is 11.8 Å². The Balaban J connectivity index is 1.52. The van der Waals surface area contributed by atoms with Crippen molar-refractivity contribution in [3.63, 3.8) is 0 Å². The fourth-order valence-corrected chi connectivity index (χ4v) is 6.00. The summed E-state index contributed by atoms with van der Waals surface area (Å²) in [6.45, 7) is 4.42. The molecule has 0 radical (unpaired) electrons. The van der Waals surface area contributed by atoms with Gasteiger partial charge in [-0.3, -0.25) is 4.79 Å². The number of carbonyl (C=O) groups excluding carboxylic acids is 2. The van der Waals surface area contributed by atoms with Gasteiger partial charge in [0.05, 0.1) is 0 Å². The molecule has 1 aliphatic heterocycles. The first kappa shape index (κ1) is 14.5. The van der Waals surface area contributed by atoms with E-state index in [1.54, 1.807) is 0 Å². The van der Waals surface area contributed by atoms with Gasteiger partial charge in [-0.05, 0) is 47.6 Å². The molecule has 0 aromatic heterocycles. The molecule has 2 saturated carbocycles. The minimum absolute atomic E-state index is 0.00130. The van der Waals surface area contributed by atoms with Gasteiger partial charge in [-0.15, -0.1) is 0 Å². The molecule has 5 rings (SSSR count). The normalized spacial score (nSPS) is 38.2. The Morgan fingerprint density at radius 2 is 2.04 bits per heavy atom. The molecule has 4 aliphatic rings. The molecule has 24 heavy (non-hydrogen) atoms. The second kappa shape index (κ2) is 4.62. The first-order chi connectivity index (χ1) is 11.5. The quantitative estimate of drug-likeness (QED) is 0.791. The van der Waals surface area contributed by atoms with E-state index in [1.807, 2.05) is 18.2 Å². The molecule has 2 amide bonds. The Bertz CT molecular complexity index is 740.